The number of carbonyl (C=O) groups excluding carboxylic acids is 1. The quantitative estimate of drug-likeness (QED) is 0.656. The molecule has 0 aromatic carbocycles. The molecule has 0 aromatic rings. The van der Waals surface area contributed by atoms with Gasteiger partial charge in [-0.1, -0.05) is 26.3 Å². The van der Waals surface area contributed by atoms with E-state index in [0.717, 1.165) is 19.3 Å². The van der Waals surface area contributed by atoms with Gasteiger partial charge in [-0.3, -0.25) is 0 Å². The number of urea groups is 1. The van der Waals surface area contributed by atoms with E-state index >= 15 is 0 Å². The fourth-order valence-electron chi connectivity index (χ4n) is 2.34. The van der Waals surface area contributed by atoms with E-state index < -0.39 is 18.0 Å². The summed E-state index contributed by atoms with van der Waals surface area (Å²) < 4.78 is 0. The van der Waals surface area contributed by atoms with Gasteiger partial charge >= 0.3 is 12.0 Å². The summed E-state index contributed by atoms with van der Waals surface area (Å²) in [5.41, 5.74) is 0.0779. The van der Waals surface area contributed by atoms with Gasteiger partial charge in [-0.25, -0.2) is 9.59 Å². The van der Waals surface area contributed by atoms with E-state index in [1.807, 2.05) is 0 Å². The number of aliphatic carboxylic acids is 1. The molecule has 0 heterocycles. The standard InChI is InChI=1S/C13H22N2O3/c1-4-6-9(11(16)17)14-12(18)15-10-7-5-8-13(10,2)3/h4,9-10H,1,5-8H2,2-3H3,(H,16,17)(H2,14,15,18). The van der Waals surface area contributed by atoms with Crippen LogP contribution in [0.4, 0.5) is 4.79 Å². The molecular formula is C13H22N2O3. The number of hydrogen-bond donors (Lipinski definition) is 3. The first-order chi connectivity index (χ1) is 8.36. The zero-order valence-corrected chi connectivity index (χ0v) is 11.0. The van der Waals surface area contributed by atoms with E-state index in [0.29, 0.717) is 0 Å². The molecule has 0 radical (unpaired) electrons. The summed E-state index contributed by atoms with van der Waals surface area (Å²) >= 11 is 0. The van der Waals surface area contributed by atoms with E-state index in [-0.39, 0.29) is 17.9 Å². The van der Waals surface area contributed by atoms with Gasteiger partial charge in [-0.05, 0) is 24.7 Å². The van der Waals surface area contributed by atoms with Crippen LogP contribution in [0.25, 0.3) is 0 Å². The second-order valence-electron chi connectivity index (χ2n) is 5.47. The monoisotopic (exact) mass is 254 g/mol. The fourth-order valence-corrected chi connectivity index (χ4v) is 2.34. The predicted octanol–water partition coefficient (Wildman–Crippen LogP) is 1.89. The lowest BCUT2D eigenvalue weighted by atomic mass is 9.87. The van der Waals surface area contributed by atoms with Gasteiger partial charge < -0.3 is 15.7 Å². The van der Waals surface area contributed by atoms with Gasteiger partial charge in [-0.15, -0.1) is 6.58 Å². The Balaban J connectivity index is 2.50. The van der Waals surface area contributed by atoms with E-state index in [4.69, 9.17) is 5.11 Å². The lowest BCUT2D eigenvalue weighted by Crippen LogP contribution is -2.51. The van der Waals surface area contributed by atoms with Gasteiger partial charge in [0.25, 0.3) is 0 Å². The molecule has 5 nitrogen and oxygen atoms in total. The molecule has 2 unspecified atom stereocenters. The summed E-state index contributed by atoms with van der Waals surface area (Å²) in [4.78, 5) is 22.7. The Kier molecular flexibility index (Phi) is 4.76. The first-order valence-corrected chi connectivity index (χ1v) is 6.27. The predicted molar refractivity (Wildman–Crippen MR) is 69.3 cm³/mol. The van der Waals surface area contributed by atoms with E-state index in [1.165, 1.54) is 6.08 Å². The number of hydrogen-bond acceptors (Lipinski definition) is 2. The summed E-state index contributed by atoms with van der Waals surface area (Å²) in [6.07, 6.45) is 4.81. The maximum atomic E-state index is 11.8. The smallest absolute Gasteiger partial charge is 0.326 e. The molecule has 1 aliphatic carbocycles. The van der Waals surface area contributed by atoms with E-state index in [2.05, 4.69) is 31.1 Å². The largest absolute Gasteiger partial charge is 0.480 e. The molecule has 0 bridgehead atoms. The van der Waals surface area contributed by atoms with Gasteiger partial charge in [0.05, 0.1) is 0 Å². The Labute approximate surface area is 108 Å². The molecule has 102 valence electrons. The van der Waals surface area contributed by atoms with E-state index in [9.17, 15) is 9.59 Å². The number of rotatable bonds is 5. The molecule has 0 aliphatic heterocycles. The highest BCUT2D eigenvalue weighted by Crippen LogP contribution is 2.37. The Hall–Kier alpha value is -1.52. The molecule has 2 amide bonds. The van der Waals surface area contributed by atoms with Crippen molar-refractivity contribution in [1.82, 2.24) is 10.6 Å². The van der Waals surface area contributed by atoms with Crippen molar-refractivity contribution in [3.05, 3.63) is 12.7 Å². The number of carboxylic acids is 1. The molecule has 2 atom stereocenters. The van der Waals surface area contributed by atoms with Gasteiger partial charge in [0.1, 0.15) is 6.04 Å². The maximum Gasteiger partial charge on any atom is 0.326 e. The fraction of sp³-hybridized carbons (Fsp3) is 0.692. The van der Waals surface area contributed by atoms with Crippen LogP contribution in [-0.2, 0) is 4.79 Å². The molecule has 0 aromatic heterocycles. The maximum absolute atomic E-state index is 11.8. The zero-order valence-electron chi connectivity index (χ0n) is 11.0. The van der Waals surface area contributed by atoms with Crippen LogP contribution in [0.1, 0.15) is 39.5 Å². The van der Waals surface area contributed by atoms with Crippen LogP contribution in [0.5, 0.6) is 0 Å². The van der Waals surface area contributed by atoms with Crippen molar-refractivity contribution in [2.24, 2.45) is 5.41 Å². The Morgan fingerprint density at radius 1 is 1.56 bits per heavy atom. The molecule has 3 N–H and O–H groups in total. The molecule has 1 fully saturated rings. The van der Waals surface area contributed by atoms with Crippen LogP contribution < -0.4 is 10.6 Å². The van der Waals surface area contributed by atoms with Crippen LogP contribution >= 0.6 is 0 Å². The minimum absolute atomic E-state index is 0.0779. The normalized spacial score (nSPS) is 23.1. The number of amides is 2. The Morgan fingerprint density at radius 2 is 2.22 bits per heavy atom. The minimum Gasteiger partial charge on any atom is -0.480 e. The molecule has 18 heavy (non-hydrogen) atoms. The summed E-state index contributed by atoms with van der Waals surface area (Å²) in [6, 6.07) is -1.22. The van der Waals surface area contributed by atoms with Crippen LogP contribution in [0.3, 0.4) is 0 Å². The van der Waals surface area contributed by atoms with Crippen molar-refractivity contribution in [1.29, 1.82) is 0 Å². The summed E-state index contributed by atoms with van der Waals surface area (Å²) in [5.74, 6) is -1.05. The molecule has 0 spiro atoms. The van der Waals surface area contributed by atoms with Crippen LogP contribution in [-0.4, -0.2) is 29.2 Å². The summed E-state index contributed by atoms with van der Waals surface area (Å²) in [7, 11) is 0. The molecule has 1 saturated carbocycles. The third-order valence-electron chi connectivity index (χ3n) is 3.57. The zero-order chi connectivity index (χ0) is 13.8. The first kappa shape index (κ1) is 14.5. The highest BCUT2D eigenvalue weighted by molar-refractivity contribution is 5.82. The van der Waals surface area contributed by atoms with Crippen molar-refractivity contribution >= 4 is 12.0 Å². The number of carboxylic acid groups (broad SMARTS) is 1. The molecule has 5 heteroatoms. The molecule has 1 aliphatic rings. The van der Waals surface area contributed by atoms with Gasteiger partial charge in [0, 0.05) is 6.04 Å². The highest BCUT2D eigenvalue weighted by Gasteiger charge is 2.35. The Morgan fingerprint density at radius 3 is 2.67 bits per heavy atom. The van der Waals surface area contributed by atoms with Crippen LogP contribution in [0, 0.1) is 5.41 Å². The lowest BCUT2D eigenvalue weighted by molar-refractivity contribution is -0.139. The van der Waals surface area contributed by atoms with Crippen molar-refractivity contribution < 1.29 is 14.7 Å². The summed E-state index contributed by atoms with van der Waals surface area (Å²) in [5, 5.41) is 14.3. The Bertz CT molecular complexity index is 339. The lowest BCUT2D eigenvalue weighted by Gasteiger charge is -2.28. The average Bonchev–Trinajstić information content (AvgIpc) is 2.57. The second kappa shape index (κ2) is 5.89. The van der Waals surface area contributed by atoms with Crippen LogP contribution in [0.15, 0.2) is 12.7 Å². The third kappa shape index (κ3) is 3.75. The molecule has 1 rings (SSSR count). The second-order valence-corrected chi connectivity index (χ2v) is 5.47. The SMILES string of the molecule is C=CCC(NC(=O)NC1CCCC1(C)C)C(=O)O. The molecular weight excluding hydrogens is 232 g/mol. The molecule has 0 saturated heterocycles. The van der Waals surface area contributed by atoms with Crippen molar-refractivity contribution in [2.45, 2.75) is 51.6 Å². The number of carbonyl (C=O) groups is 2. The minimum atomic E-state index is -1.05. The topological polar surface area (TPSA) is 78.4 Å². The van der Waals surface area contributed by atoms with Gasteiger partial charge in [0.15, 0.2) is 0 Å². The van der Waals surface area contributed by atoms with Crippen molar-refractivity contribution in [3.63, 3.8) is 0 Å². The van der Waals surface area contributed by atoms with Gasteiger partial charge in [0.2, 0.25) is 0 Å². The third-order valence-corrected chi connectivity index (χ3v) is 3.57. The highest BCUT2D eigenvalue weighted by atomic mass is 16.4. The average molecular weight is 254 g/mol. The number of nitrogens with one attached hydrogen (secondary N) is 2. The summed E-state index contributed by atoms with van der Waals surface area (Å²) in [6.45, 7) is 7.71. The van der Waals surface area contributed by atoms with Crippen molar-refractivity contribution in [2.75, 3.05) is 0 Å². The van der Waals surface area contributed by atoms with Crippen molar-refractivity contribution in [3.8, 4) is 0 Å². The first-order valence-electron chi connectivity index (χ1n) is 6.27. The van der Waals surface area contributed by atoms with Gasteiger partial charge in [-0.2, -0.15) is 0 Å². The van der Waals surface area contributed by atoms with E-state index in [1.54, 1.807) is 0 Å². The van der Waals surface area contributed by atoms with Crippen LogP contribution in [0.2, 0.25) is 0 Å².